The van der Waals surface area contributed by atoms with E-state index in [0.717, 1.165) is 11.1 Å². The minimum absolute atomic E-state index is 0.310. The Morgan fingerprint density at radius 1 is 1.19 bits per heavy atom. The van der Waals surface area contributed by atoms with Crippen LogP contribution in [0.5, 0.6) is 0 Å². The highest BCUT2D eigenvalue weighted by molar-refractivity contribution is 6.35. The first-order valence-corrected chi connectivity index (χ1v) is 6.87. The lowest BCUT2D eigenvalue weighted by Gasteiger charge is -1.98. The maximum Gasteiger partial charge on any atom is 0.258 e. The van der Waals surface area contributed by atoms with Crippen molar-refractivity contribution in [2.75, 3.05) is 0 Å². The molecule has 0 saturated carbocycles. The summed E-state index contributed by atoms with van der Waals surface area (Å²) >= 11 is 11.9. The summed E-state index contributed by atoms with van der Waals surface area (Å²) in [7, 11) is 0. The van der Waals surface area contributed by atoms with Crippen molar-refractivity contribution in [3.05, 3.63) is 52.1 Å². The molecular formula is C14H10Cl2N4O. The summed E-state index contributed by atoms with van der Waals surface area (Å²) in [6, 6.07) is 9.16. The Hall–Kier alpha value is -1.95. The Bertz CT molecular complexity index is 788. The number of hydrogen-bond donors (Lipinski definition) is 1. The molecule has 0 radical (unpaired) electrons. The third kappa shape index (κ3) is 2.90. The van der Waals surface area contributed by atoms with Crippen LogP contribution in [0.4, 0.5) is 0 Å². The molecule has 2 heterocycles. The summed E-state index contributed by atoms with van der Waals surface area (Å²) in [6.45, 7) is 0.444. The van der Waals surface area contributed by atoms with Gasteiger partial charge < -0.3 is 10.3 Å². The molecule has 0 atom stereocenters. The third-order valence-electron chi connectivity index (χ3n) is 2.86. The van der Waals surface area contributed by atoms with E-state index in [1.165, 1.54) is 6.20 Å². The van der Waals surface area contributed by atoms with Crippen LogP contribution in [-0.2, 0) is 6.54 Å². The van der Waals surface area contributed by atoms with Gasteiger partial charge in [-0.25, -0.2) is 4.98 Å². The quantitative estimate of drug-likeness (QED) is 0.798. The van der Waals surface area contributed by atoms with Gasteiger partial charge in [0.25, 0.3) is 5.89 Å². The van der Waals surface area contributed by atoms with Gasteiger partial charge in [-0.3, -0.25) is 0 Å². The van der Waals surface area contributed by atoms with E-state index in [2.05, 4.69) is 15.1 Å². The highest BCUT2D eigenvalue weighted by Gasteiger charge is 2.15. The molecule has 21 heavy (non-hydrogen) atoms. The maximum absolute atomic E-state index is 6.08. The van der Waals surface area contributed by atoms with E-state index in [-0.39, 0.29) is 0 Å². The average Bonchev–Trinajstić information content (AvgIpc) is 2.97. The molecule has 7 heteroatoms. The first kappa shape index (κ1) is 14.0. The third-order valence-corrected chi connectivity index (χ3v) is 3.35. The molecule has 0 aliphatic heterocycles. The van der Waals surface area contributed by atoms with Crippen LogP contribution in [-0.4, -0.2) is 15.1 Å². The molecule has 0 aliphatic rings. The number of halogens is 2. The van der Waals surface area contributed by atoms with Crippen molar-refractivity contribution >= 4 is 23.2 Å². The predicted molar refractivity (Wildman–Crippen MR) is 80.9 cm³/mol. The Kier molecular flexibility index (Phi) is 3.88. The van der Waals surface area contributed by atoms with Gasteiger partial charge in [0.1, 0.15) is 5.69 Å². The Balaban J connectivity index is 1.99. The first-order chi connectivity index (χ1) is 10.2. The van der Waals surface area contributed by atoms with Crippen LogP contribution in [0.2, 0.25) is 10.0 Å². The lowest BCUT2D eigenvalue weighted by atomic mass is 10.1. The standard InChI is InChI=1S/C14H10Cl2N4O/c15-10-5-11(16)12(18-7-10)13-19-14(21-20-13)9-3-1-2-8(4-9)6-17/h1-5,7H,6,17H2. The van der Waals surface area contributed by atoms with E-state index in [4.69, 9.17) is 33.5 Å². The molecule has 0 amide bonds. The molecule has 1 aromatic carbocycles. The topological polar surface area (TPSA) is 77.8 Å². The fourth-order valence-corrected chi connectivity index (χ4v) is 2.31. The summed E-state index contributed by atoms with van der Waals surface area (Å²) in [5.41, 5.74) is 7.82. The number of aromatic nitrogens is 3. The van der Waals surface area contributed by atoms with Crippen LogP contribution in [0.1, 0.15) is 5.56 Å². The van der Waals surface area contributed by atoms with E-state index < -0.39 is 0 Å². The number of nitrogens with zero attached hydrogens (tertiary/aromatic N) is 3. The first-order valence-electron chi connectivity index (χ1n) is 6.12. The molecule has 0 aliphatic carbocycles. The number of nitrogens with two attached hydrogens (primary N) is 1. The number of hydrogen-bond acceptors (Lipinski definition) is 5. The second-order valence-electron chi connectivity index (χ2n) is 4.31. The molecule has 0 spiro atoms. The summed E-state index contributed by atoms with van der Waals surface area (Å²) in [4.78, 5) is 8.43. The van der Waals surface area contributed by atoms with Crippen molar-refractivity contribution in [1.29, 1.82) is 0 Å². The summed E-state index contributed by atoms with van der Waals surface area (Å²) in [5, 5.41) is 4.72. The molecule has 5 nitrogen and oxygen atoms in total. The van der Waals surface area contributed by atoms with Crippen molar-refractivity contribution in [1.82, 2.24) is 15.1 Å². The lowest BCUT2D eigenvalue weighted by Crippen LogP contribution is -1.95. The lowest BCUT2D eigenvalue weighted by molar-refractivity contribution is 0.432. The minimum atomic E-state index is 0.310. The van der Waals surface area contributed by atoms with Crippen LogP contribution >= 0.6 is 23.2 Å². The van der Waals surface area contributed by atoms with Gasteiger partial charge >= 0.3 is 0 Å². The molecule has 0 unspecified atom stereocenters. The normalized spacial score (nSPS) is 10.8. The molecule has 2 aromatic heterocycles. The SMILES string of the molecule is NCc1cccc(-c2nc(-c3ncc(Cl)cc3Cl)no2)c1. The van der Waals surface area contributed by atoms with E-state index >= 15 is 0 Å². The van der Waals surface area contributed by atoms with Crippen molar-refractivity contribution in [3.63, 3.8) is 0 Å². The zero-order valence-corrected chi connectivity index (χ0v) is 12.3. The molecule has 3 aromatic rings. The monoisotopic (exact) mass is 320 g/mol. The number of pyridine rings is 1. The predicted octanol–water partition coefficient (Wildman–Crippen LogP) is 3.56. The van der Waals surface area contributed by atoms with Gasteiger partial charge in [0.05, 0.1) is 10.0 Å². The highest BCUT2D eigenvalue weighted by atomic mass is 35.5. The van der Waals surface area contributed by atoms with Crippen LogP contribution < -0.4 is 5.73 Å². The fraction of sp³-hybridized carbons (Fsp3) is 0.0714. The molecular weight excluding hydrogens is 311 g/mol. The van der Waals surface area contributed by atoms with Crippen LogP contribution in [0.3, 0.4) is 0 Å². The second-order valence-corrected chi connectivity index (χ2v) is 5.16. The van der Waals surface area contributed by atoms with E-state index in [1.807, 2.05) is 24.3 Å². The highest BCUT2D eigenvalue weighted by Crippen LogP contribution is 2.28. The molecule has 0 fully saturated rings. The maximum atomic E-state index is 6.08. The van der Waals surface area contributed by atoms with Crippen LogP contribution in [0, 0.1) is 0 Å². The summed E-state index contributed by atoms with van der Waals surface area (Å²) in [6.07, 6.45) is 1.48. The molecule has 0 bridgehead atoms. The number of rotatable bonds is 3. The molecule has 3 rings (SSSR count). The van der Waals surface area contributed by atoms with E-state index in [1.54, 1.807) is 6.07 Å². The summed E-state index contributed by atoms with van der Waals surface area (Å²) < 4.78 is 5.26. The zero-order chi connectivity index (χ0) is 14.8. The molecule has 2 N–H and O–H groups in total. The van der Waals surface area contributed by atoms with Crippen LogP contribution in [0.15, 0.2) is 41.1 Å². The van der Waals surface area contributed by atoms with Crippen molar-refractivity contribution < 1.29 is 4.52 Å². The minimum Gasteiger partial charge on any atom is -0.334 e. The fourth-order valence-electron chi connectivity index (χ4n) is 1.85. The molecule has 0 saturated heterocycles. The average molecular weight is 321 g/mol. The van der Waals surface area contributed by atoms with Gasteiger partial charge in [-0.1, -0.05) is 40.5 Å². The largest absolute Gasteiger partial charge is 0.334 e. The Morgan fingerprint density at radius 2 is 2.05 bits per heavy atom. The molecule has 106 valence electrons. The van der Waals surface area contributed by atoms with Gasteiger partial charge in [0, 0.05) is 18.3 Å². The van der Waals surface area contributed by atoms with Crippen LogP contribution in [0.25, 0.3) is 23.0 Å². The number of benzene rings is 1. The summed E-state index contributed by atoms with van der Waals surface area (Å²) in [5.74, 6) is 0.693. The van der Waals surface area contributed by atoms with Gasteiger partial charge in [0.15, 0.2) is 0 Å². The van der Waals surface area contributed by atoms with Crippen molar-refractivity contribution in [3.8, 4) is 23.0 Å². The van der Waals surface area contributed by atoms with Gasteiger partial charge in [0.2, 0.25) is 5.82 Å². The van der Waals surface area contributed by atoms with E-state index in [0.29, 0.717) is 34.0 Å². The van der Waals surface area contributed by atoms with Crippen molar-refractivity contribution in [2.24, 2.45) is 5.73 Å². The van der Waals surface area contributed by atoms with Crippen molar-refractivity contribution in [2.45, 2.75) is 6.54 Å². The zero-order valence-electron chi connectivity index (χ0n) is 10.8. The van der Waals surface area contributed by atoms with Gasteiger partial charge in [-0.15, -0.1) is 0 Å². The van der Waals surface area contributed by atoms with Gasteiger partial charge in [-0.05, 0) is 23.8 Å². The Morgan fingerprint density at radius 3 is 2.81 bits per heavy atom. The van der Waals surface area contributed by atoms with E-state index in [9.17, 15) is 0 Å². The smallest absolute Gasteiger partial charge is 0.258 e. The van der Waals surface area contributed by atoms with Gasteiger partial charge in [-0.2, -0.15) is 4.98 Å². The second kappa shape index (κ2) is 5.81. The Labute approximate surface area is 130 Å².